The first-order chi connectivity index (χ1) is 20.5. The summed E-state index contributed by atoms with van der Waals surface area (Å²) in [6, 6.07) is 33.3. The van der Waals surface area contributed by atoms with E-state index in [2.05, 4.69) is 61.5 Å². The van der Waals surface area contributed by atoms with E-state index in [0.29, 0.717) is 37.7 Å². The summed E-state index contributed by atoms with van der Waals surface area (Å²) in [5, 5.41) is 11.9. The summed E-state index contributed by atoms with van der Waals surface area (Å²) in [5.74, 6) is 0. The van der Waals surface area contributed by atoms with Gasteiger partial charge in [-0.25, -0.2) is 0 Å². The van der Waals surface area contributed by atoms with Gasteiger partial charge in [0.1, 0.15) is 0 Å². The molecule has 1 spiro atoms. The predicted octanol–water partition coefficient (Wildman–Crippen LogP) is 8.11. The van der Waals surface area contributed by atoms with E-state index in [1.54, 1.807) is 0 Å². The third-order valence-electron chi connectivity index (χ3n) is 8.64. The molecule has 0 aromatic heterocycles. The van der Waals surface area contributed by atoms with E-state index in [0.717, 1.165) is 47.1 Å². The minimum Gasteiger partial charge on any atom is -0.388 e. The van der Waals surface area contributed by atoms with Gasteiger partial charge in [0.25, 0.3) is 0 Å². The second-order valence-corrected chi connectivity index (χ2v) is 12.1. The summed E-state index contributed by atoms with van der Waals surface area (Å²) in [7, 11) is 0. The Hall–Kier alpha value is -2.99. The summed E-state index contributed by atoms with van der Waals surface area (Å²) >= 11 is 6.81. The van der Waals surface area contributed by atoms with Gasteiger partial charge in [-0.05, 0) is 57.9 Å². The number of aliphatic hydroxyl groups excluding tert-OH is 1. The molecule has 4 unspecified atom stereocenters. The standard InChI is InChI=1S/C37H39ClO4/c1-2-26-13-15-27(16-14-26)17-30-18-34-33(20-35(30)38)36(39)22-37(34)21-31(41-24-29-11-7-4-8-12-29)19-32(42-37)25-40-23-28-9-5-3-6-10-28/h3-16,18,20,31-32,36,39H,2,17,19,21-25H2,1H3. The molecule has 0 bridgehead atoms. The Morgan fingerprint density at radius 3 is 2.19 bits per heavy atom. The van der Waals surface area contributed by atoms with Crippen LogP contribution in [0.25, 0.3) is 0 Å². The van der Waals surface area contributed by atoms with Crippen molar-refractivity contribution in [2.24, 2.45) is 0 Å². The molecule has 1 aliphatic carbocycles. The van der Waals surface area contributed by atoms with Gasteiger partial charge in [-0.2, -0.15) is 0 Å². The highest BCUT2D eigenvalue weighted by Gasteiger charge is 2.50. The molecule has 4 atom stereocenters. The van der Waals surface area contributed by atoms with Crippen molar-refractivity contribution >= 4 is 11.6 Å². The molecular formula is C37H39ClO4. The fourth-order valence-corrected chi connectivity index (χ4v) is 6.69. The van der Waals surface area contributed by atoms with Crippen LogP contribution >= 0.6 is 11.6 Å². The van der Waals surface area contributed by atoms with E-state index in [-0.39, 0.29) is 12.2 Å². The number of halogens is 1. The van der Waals surface area contributed by atoms with Crippen LogP contribution < -0.4 is 0 Å². The summed E-state index contributed by atoms with van der Waals surface area (Å²) < 4.78 is 19.6. The predicted molar refractivity (Wildman–Crippen MR) is 167 cm³/mol. The van der Waals surface area contributed by atoms with Crippen LogP contribution in [0.4, 0.5) is 0 Å². The molecule has 0 saturated carbocycles. The molecule has 4 aromatic rings. The number of hydrogen-bond donors (Lipinski definition) is 1. The molecule has 4 aromatic carbocycles. The van der Waals surface area contributed by atoms with E-state index in [4.69, 9.17) is 25.8 Å². The maximum Gasteiger partial charge on any atom is 0.0992 e. The number of fused-ring (bicyclic) bond motifs is 2. The third-order valence-corrected chi connectivity index (χ3v) is 8.99. The first-order valence-electron chi connectivity index (χ1n) is 15.0. The third kappa shape index (κ3) is 6.64. The molecule has 0 radical (unpaired) electrons. The van der Waals surface area contributed by atoms with Crippen LogP contribution in [0.1, 0.15) is 71.2 Å². The SMILES string of the molecule is CCc1ccc(Cc2cc3c(cc2Cl)C(O)CC32CC(OCc3ccccc3)CC(COCc3ccccc3)O2)cc1. The molecule has 6 rings (SSSR count). The van der Waals surface area contributed by atoms with Crippen LogP contribution in [0.2, 0.25) is 5.02 Å². The van der Waals surface area contributed by atoms with Crippen molar-refractivity contribution in [1.82, 2.24) is 0 Å². The Kier molecular flexibility index (Phi) is 9.09. The van der Waals surface area contributed by atoms with Gasteiger partial charge in [-0.1, -0.05) is 110 Å². The number of aliphatic hydroxyl groups is 1. The Balaban J connectivity index is 1.26. The zero-order valence-corrected chi connectivity index (χ0v) is 24.9. The van der Waals surface area contributed by atoms with Crippen LogP contribution in [-0.4, -0.2) is 23.9 Å². The summed E-state index contributed by atoms with van der Waals surface area (Å²) in [5.41, 5.74) is 7.07. The van der Waals surface area contributed by atoms with Crippen molar-refractivity contribution in [2.75, 3.05) is 6.61 Å². The van der Waals surface area contributed by atoms with Crippen molar-refractivity contribution in [3.05, 3.63) is 141 Å². The van der Waals surface area contributed by atoms with Crippen molar-refractivity contribution in [3.8, 4) is 0 Å². The van der Waals surface area contributed by atoms with Gasteiger partial charge < -0.3 is 19.3 Å². The van der Waals surface area contributed by atoms with Crippen molar-refractivity contribution in [3.63, 3.8) is 0 Å². The van der Waals surface area contributed by atoms with E-state index in [1.807, 2.05) is 42.5 Å². The van der Waals surface area contributed by atoms with E-state index in [9.17, 15) is 5.11 Å². The largest absolute Gasteiger partial charge is 0.388 e. The molecule has 0 amide bonds. The molecule has 1 fully saturated rings. The number of benzene rings is 4. The number of aryl methyl sites for hydroxylation is 1. The molecule has 4 nitrogen and oxygen atoms in total. The van der Waals surface area contributed by atoms with Gasteiger partial charge in [-0.3, -0.25) is 0 Å². The van der Waals surface area contributed by atoms with Gasteiger partial charge >= 0.3 is 0 Å². The van der Waals surface area contributed by atoms with Crippen molar-refractivity contribution in [1.29, 1.82) is 0 Å². The Labute approximate surface area is 254 Å². The van der Waals surface area contributed by atoms with Crippen molar-refractivity contribution < 1.29 is 19.3 Å². The summed E-state index contributed by atoms with van der Waals surface area (Å²) in [4.78, 5) is 0. The van der Waals surface area contributed by atoms with Crippen LogP contribution in [0.15, 0.2) is 97.1 Å². The highest BCUT2D eigenvalue weighted by Crippen LogP contribution is 2.53. The summed E-state index contributed by atoms with van der Waals surface area (Å²) in [6.45, 7) is 3.68. The minimum atomic E-state index is -0.666. The van der Waals surface area contributed by atoms with Gasteiger partial charge in [0, 0.05) is 24.3 Å². The zero-order chi connectivity index (χ0) is 28.9. The lowest BCUT2D eigenvalue weighted by atomic mass is 9.83. The average Bonchev–Trinajstić information content (AvgIpc) is 3.26. The van der Waals surface area contributed by atoms with E-state index < -0.39 is 11.7 Å². The Morgan fingerprint density at radius 2 is 1.50 bits per heavy atom. The fraction of sp³-hybridized carbons (Fsp3) is 0.351. The number of ether oxygens (including phenoxy) is 3. The first kappa shape index (κ1) is 29.1. The van der Waals surface area contributed by atoms with Gasteiger partial charge in [0.15, 0.2) is 0 Å². The highest BCUT2D eigenvalue weighted by molar-refractivity contribution is 6.31. The normalized spacial score (nSPS) is 23.3. The highest BCUT2D eigenvalue weighted by atomic mass is 35.5. The maximum atomic E-state index is 11.3. The molecule has 42 heavy (non-hydrogen) atoms. The Bertz CT molecular complexity index is 1460. The van der Waals surface area contributed by atoms with E-state index in [1.165, 1.54) is 11.1 Å². The lowest BCUT2D eigenvalue weighted by Crippen LogP contribution is -2.45. The quantitative estimate of drug-likeness (QED) is 0.205. The van der Waals surface area contributed by atoms with Gasteiger partial charge in [0.05, 0.1) is 43.7 Å². The first-order valence-corrected chi connectivity index (χ1v) is 15.4. The van der Waals surface area contributed by atoms with Crippen molar-refractivity contribution in [2.45, 2.75) is 76.2 Å². The van der Waals surface area contributed by atoms with Crippen LogP contribution in [0.5, 0.6) is 0 Å². The molecule has 1 saturated heterocycles. The monoisotopic (exact) mass is 582 g/mol. The maximum absolute atomic E-state index is 11.3. The Morgan fingerprint density at radius 1 is 0.833 bits per heavy atom. The molecule has 218 valence electrons. The molecule has 1 aliphatic heterocycles. The second kappa shape index (κ2) is 13.1. The summed E-state index contributed by atoms with van der Waals surface area (Å²) in [6.07, 6.45) is 2.78. The van der Waals surface area contributed by atoms with Crippen LogP contribution in [0.3, 0.4) is 0 Å². The fourth-order valence-electron chi connectivity index (χ4n) is 6.45. The zero-order valence-electron chi connectivity index (χ0n) is 24.2. The number of hydrogen-bond acceptors (Lipinski definition) is 4. The smallest absolute Gasteiger partial charge is 0.0992 e. The van der Waals surface area contributed by atoms with Crippen LogP contribution in [-0.2, 0) is 45.9 Å². The molecule has 5 heteroatoms. The van der Waals surface area contributed by atoms with Gasteiger partial charge in [-0.15, -0.1) is 0 Å². The topological polar surface area (TPSA) is 47.9 Å². The lowest BCUT2D eigenvalue weighted by molar-refractivity contribution is -0.200. The number of rotatable bonds is 10. The molecule has 1 heterocycles. The van der Waals surface area contributed by atoms with Gasteiger partial charge in [0.2, 0.25) is 0 Å². The minimum absolute atomic E-state index is 0.0388. The molecule has 2 aliphatic rings. The average molecular weight is 583 g/mol. The van der Waals surface area contributed by atoms with Crippen LogP contribution in [0, 0.1) is 0 Å². The lowest BCUT2D eigenvalue weighted by Gasteiger charge is -2.43. The molecular weight excluding hydrogens is 544 g/mol. The van der Waals surface area contributed by atoms with E-state index >= 15 is 0 Å². The second-order valence-electron chi connectivity index (χ2n) is 11.7. The molecule has 1 N–H and O–H groups in total.